The van der Waals surface area contributed by atoms with Crippen LogP contribution in [0.5, 0.6) is 0 Å². The molecule has 0 aliphatic rings. The summed E-state index contributed by atoms with van der Waals surface area (Å²) >= 11 is 0. The van der Waals surface area contributed by atoms with Crippen molar-refractivity contribution in [2.24, 2.45) is 0 Å². The first-order valence-corrected chi connectivity index (χ1v) is 5.78. The Labute approximate surface area is 103 Å². The van der Waals surface area contributed by atoms with Crippen LogP contribution in [-0.4, -0.2) is 52.0 Å². The number of nitrogens with one attached hydrogen (secondary N) is 1. The number of benzene rings is 1. The van der Waals surface area contributed by atoms with Gasteiger partial charge in [-0.15, -0.1) is 0 Å². The summed E-state index contributed by atoms with van der Waals surface area (Å²) in [6.07, 6.45) is 0.932. The van der Waals surface area contributed by atoms with Gasteiger partial charge in [0.1, 0.15) is 6.29 Å². The zero-order valence-corrected chi connectivity index (χ0v) is 10.8. The van der Waals surface area contributed by atoms with E-state index in [1.165, 1.54) is 5.69 Å². The van der Waals surface area contributed by atoms with Crippen LogP contribution in [0.15, 0.2) is 24.3 Å². The predicted octanol–water partition coefficient (Wildman–Crippen LogP) is 1.30. The van der Waals surface area contributed by atoms with E-state index in [0.717, 1.165) is 25.1 Å². The van der Waals surface area contributed by atoms with Gasteiger partial charge in [-0.3, -0.25) is 4.90 Å². The van der Waals surface area contributed by atoms with Crippen LogP contribution in [0.4, 0.5) is 11.4 Å². The molecule has 0 spiro atoms. The molecule has 0 heterocycles. The summed E-state index contributed by atoms with van der Waals surface area (Å²) in [4.78, 5) is 14.5. The second-order valence-electron chi connectivity index (χ2n) is 4.15. The fourth-order valence-electron chi connectivity index (χ4n) is 1.55. The molecule has 0 saturated carbocycles. The SMILES string of the molecule is CNc1ccc(N(C)CCN(C)CC=O)cc1. The zero-order chi connectivity index (χ0) is 12.7. The van der Waals surface area contributed by atoms with Crippen molar-refractivity contribution in [2.75, 3.05) is 51.0 Å². The molecule has 1 N–H and O–H groups in total. The second kappa shape index (κ2) is 6.91. The molecule has 0 aliphatic heterocycles. The lowest BCUT2D eigenvalue weighted by Crippen LogP contribution is -2.31. The first kappa shape index (κ1) is 13.5. The van der Waals surface area contributed by atoms with Gasteiger partial charge in [0.2, 0.25) is 0 Å². The topological polar surface area (TPSA) is 35.6 Å². The molecule has 94 valence electrons. The van der Waals surface area contributed by atoms with Crippen LogP contribution < -0.4 is 10.2 Å². The van der Waals surface area contributed by atoms with Gasteiger partial charge in [0.15, 0.2) is 0 Å². The molecule has 0 atom stereocenters. The lowest BCUT2D eigenvalue weighted by Gasteiger charge is -2.22. The number of carbonyl (C=O) groups is 1. The molecule has 4 nitrogen and oxygen atoms in total. The van der Waals surface area contributed by atoms with E-state index in [1.807, 2.05) is 19.0 Å². The molecular formula is C13H21N3O. The molecule has 0 aliphatic carbocycles. The van der Waals surface area contributed by atoms with E-state index in [9.17, 15) is 4.79 Å². The number of nitrogens with zero attached hydrogens (tertiary/aromatic N) is 2. The smallest absolute Gasteiger partial charge is 0.133 e. The first-order valence-electron chi connectivity index (χ1n) is 5.78. The minimum absolute atomic E-state index is 0.493. The van der Waals surface area contributed by atoms with E-state index >= 15 is 0 Å². The summed E-state index contributed by atoms with van der Waals surface area (Å²) in [5.74, 6) is 0. The highest BCUT2D eigenvalue weighted by Crippen LogP contribution is 2.15. The minimum atomic E-state index is 0.493. The van der Waals surface area contributed by atoms with E-state index in [0.29, 0.717) is 6.54 Å². The number of anilines is 2. The lowest BCUT2D eigenvalue weighted by molar-refractivity contribution is -0.108. The van der Waals surface area contributed by atoms with Gasteiger partial charge >= 0.3 is 0 Å². The van der Waals surface area contributed by atoms with Crippen molar-refractivity contribution < 1.29 is 4.79 Å². The number of rotatable bonds is 7. The van der Waals surface area contributed by atoms with E-state index < -0.39 is 0 Å². The Morgan fingerprint density at radius 1 is 1.18 bits per heavy atom. The van der Waals surface area contributed by atoms with Crippen molar-refractivity contribution in [3.63, 3.8) is 0 Å². The quantitative estimate of drug-likeness (QED) is 0.723. The maximum Gasteiger partial charge on any atom is 0.133 e. The van der Waals surface area contributed by atoms with Crippen LogP contribution >= 0.6 is 0 Å². The highest BCUT2D eigenvalue weighted by Gasteiger charge is 2.02. The van der Waals surface area contributed by atoms with Crippen LogP contribution in [0.1, 0.15) is 0 Å². The van der Waals surface area contributed by atoms with Gasteiger partial charge in [-0.1, -0.05) is 0 Å². The molecule has 4 heteroatoms. The van der Waals surface area contributed by atoms with Crippen LogP contribution in [0.2, 0.25) is 0 Å². The third-order valence-electron chi connectivity index (χ3n) is 2.80. The van der Waals surface area contributed by atoms with Gasteiger partial charge in [-0.2, -0.15) is 0 Å². The second-order valence-corrected chi connectivity index (χ2v) is 4.15. The maximum absolute atomic E-state index is 10.3. The average molecular weight is 235 g/mol. The third kappa shape index (κ3) is 4.44. The summed E-state index contributed by atoms with van der Waals surface area (Å²) in [7, 11) is 5.92. The molecule has 1 rings (SSSR count). The van der Waals surface area contributed by atoms with Crippen molar-refractivity contribution in [2.45, 2.75) is 0 Å². The monoisotopic (exact) mass is 235 g/mol. The summed E-state index contributed by atoms with van der Waals surface area (Å²) < 4.78 is 0. The highest BCUT2D eigenvalue weighted by molar-refractivity contribution is 5.54. The molecule has 0 radical (unpaired) electrons. The van der Waals surface area contributed by atoms with Crippen molar-refractivity contribution in [3.05, 3.63) is 24.3 Å². The van der Waals surface area contributed by atoms with Gasteiger partial charge in [-0.05, 0) is 31.3 Å². The van der Waals surface area contributed by atoms with Crippen molar-refractivity contribution in [1.29, 1.82) is 0 Å². The Bertz CT molecular complexity index is 337. The molecule has 17 heavy (non-hydrogen) atoms. The number of carbonyl (C=O) groups excluding carboxylic acids is 1. The summed E-state index contributed by atoms with van der Waals surface area (Å²) in [5, 5.41) is 3.09. The lowest BCUT2D eigenvalue weighted by atomic mass is 10.2. The molecule has 0 aromatic heterocycles. The average Bonchev–Trinajstić information content (AvgIpc) is 2.36. The molecular weight excluding hydrogens is 214 g/mol. The van der Waals surface area contributed by atoms with Crippen LogP contribution in [-0.2, 0) is 4.79 Å². The molecule has 0 fully saturated rings. The number of aldehydes is 1. The van der Waals surface area contributed by atoms with Crippen LogP contribution in [0.25, 0.3) is 0 Å². The Morgan fingerprint density at radius 2 is 1.82 bits per heavy atom. The Balaban J connectivity index is 2.45. The fourth-order valence-corrected chi connectivity index (χ4v) is 1.55. The standard InChI is InChI=1S/C13H21N3O/c1-14-12-4-6-13(7-5-12)16(3)9-8-15(2)10-11-17/h4-7,11,14H,8-10H2,1-3H3. The van der Waals surface area contributed by atoms with E-state index in [2.05, 4.69) is 41.5 Å². The molecule has 0 bridgehead atoms. The third-order valence-corrected chi connectivity index (χ3v) is 2.80. The Kier molecular flexibility index (Phi) is 5.49. The van der Waals surface area contributed by atoms with Gasteiger partial charge in [0, 0.05) is 38.6 Å². The number of hydrogen-bond acceptors (Lipinski definition) is 4. The van der Waals surface area contributed by atoms with E-state index in [-0.39, 0.29) is 0 Å². The van der Waals surface area contributed by atoms with Gasteiger partial charge in [-0.25, -0.2) is 0 Å². The van der Waals surface area contributed by atoms with Crippen LogP contribution in [0, 0.1) is 0 Å². The van der Waals surface area contributed by atoms with Gasteiger partial charge < -0.3 is 15.0 Å². The van der Waals surface area contributed by atoms with Crippen molar-refractivity contribution in [1.82, 2.24) is 4.90 Å². The molecule has 0 saturated heterocycles. The fraction of sp³-hybridized carbons (Fsp3) is 0.462. The summed E-state index contributed by atoms with van der Waals surface area (Å²) in [6, 6.07) is 8.29. The highest BCUT2D eigenvalue weighted by atomic mass is 16.1. The maximum atomic E-state index is 10.3. The Morgan fingerprint density at radius 3 is 2.35 bits per heavy atom. The molecule has 1 aromatic rings. The number of likely N-dealkylation sites (N-methyl/N-ethyl adjacent to an activating group) is 2. The van der Waals surface area contributed by atoms with E-state index in [4.69, 9.17) is 0 Å². The van der Waals surface area contributed by atoms with Gasteiger partial charge in [0.25, 0.3) is 0 Å². The van der Waals surface area contributed by atoms with Crippen molar-refractivity contribution in [3.8, 4) is 0 Å². The molecule has 1 aromatic carbocycles. The largest absolute Gasteiger partial charge is 0.388 e. The van der Waals surface area contributed by atoms with E-state index in [1.54, 1.807) is 0 Å². The van der Waals surface area contributed by atoms with Crippen LogP contribution in [0.3, 0.4) is 0 Å². The first-order chi connectivity index (χ1) is 8.17. The molecule has 0 amide bonds. The molecule has 0 unspecified atom stereocenters. The Hall–Kier alpha value is -1.55. The normalized spacial score (nSPS) is 10.4. The number of hydrogen-bond donors (Lipinski definition) is 1. The predicted molar refractivity (Wildman–Crippen MR) is 72.8 cm³/mol. The van der Waals surface area contributed by atoms with Crippen molar-refractivity contribution >= 4 is 17.7 Å². The minimum Gasteiger partial charge on any atom is -0.388 e. The zero-order valence-electron chi connectivity index (χ0n) is 10.8. The summed E-state index contributed by atoms with van der Waals surface area (Å²) in [5.41, 5.74) is 2.30. The van der Waals surface area contributed by atoms with Gasteiger partial charge in [0.05, 0.1) is 6.54 Å². The summed E-state index contributed by atoms with van der Waals surface area (Å²) in [6.45, 7) is 2.28.